The average Bonchev–Trinajstić information content (AvgIpc) is 2.55. The minimum atomic E-state index is -0.204. The second-order valence-electron chi connectivity index (χ2n) is 4.04. The van der Waals surface area contributed by atoms with Gasteiger partial charge < -0.3 is 5.21 Å². The van der Waals surface area contributed by atoms with Crippen LogP contribution < -0.4 is 4.73 Å². The number of benzene rings is 1. The summed E-state index contributed by atoms with van der Waals surface area (Å²) < 4.78 is 2.43. The standard InChI is InChI=1S/C13H14N2O2/c1-10-13(11(2)16)15(17)9-14(10)8-12-6-4-3-5-7-12/h3-7,9H,8H2,1-2H3. The predicted molar refractivity (Wildman–Crippen MR) is 63.7 cm³/mol. The molecular weight excluding hydrogens is 216 g/mol. The molecule has 1 heterocycles. The van der Waals surface area contributed by atoms with Gasteiger partial charge in [0.05, 0.1) is 0 Å². The Hall–Kier alpha value is -2.10. The minimum absolute atomic E-state index is 0.204. The van der Waals surface area contributed by atoms with Crippen molar-refractivity contribution in [3.63, 3.8) is 0 Å². The average molecular weight is 230 g/mol. The molecule has 88 valence electrons. The fraction of sp³-hybridized carbons (Fsp3) is 0.231. The van der Waals surface area contributed by atoms with Crippen LogP contribution in [0.25, 0.3) is 0 Å². The first kappa shape index (κ1) is 11.4. The van der Waals surface area contributed by atoms with Gasteiger partial charge in [0.1, 0.15) is 6.54 Å². The van der Waals surface area contributed by atoms with Crippen LogP contribution in [0.15, 0.2) is 36.7 Å². The molecule has 1 aromatic heterocycles. The molecule has 0 aliphatic rings. The molecule has 4 heteroatoms. The maximum Gasteiger partial charge on any atom is 0.247 e. The van der Waals surface area contributed by atoms with E-state index in [0.717, 1.165) is 5.56 Å². The Morgan fingerprint density at radius 2 is 2.00 bits per heavy atom. The van der Waals surface area contributed by atoms with E-state index in [4.69, 9.17) is 0 Å². The first-order valence-electron chi connectivity index (χ1n) is 5.43. The quantitative estimate of drug-likeness (QED) is 0.457. The van der Waals surface area contributed by atoms with Gasteiger partial charge in [-0.25, -0.2) is 9.30 Å². The third-order valence-electron chi connectivity index (χ3n) is 2.77. The second-order valence-corrected chi connectivity index (χ2v) is 4.04. The van der Waals surface area contributed by atoms with Crippen molar-refractivity contribution in [2.75, 3.05) is 0 Å². The third kappa shape index (κ3) is 2.20. The Kier molecular flexibility index (Phi) is 2.95. The van der Waals surface area contributed by atoms with Crippen LogP contribution in [0.4, 0.5) is 0 Å². The van der Waals surface area contributed by atoms with Crippen molar-refractivity contribution in [1.29, 1.82) is 0 Å². The van der Waals surface area contributed by atoms with Crippen LogP contribution >= 0.6 is 0 Å². The summed E-state index contributed by atoms with van der Waals surface area (Å²) in [6.45, 7) is 3.79. The molecule has 0 saturated heterocycles. The maximum absolute atomic E-state index is 11.6. The Labute approximate surface area is 99.7 Å². The zero-order valence-corrected chi connectivity index (χ0v) is 9.88. The van der Waals surface area contributed by atoms with E-state index in [9.17, 15) is 10.0 Å². The van der Waals surface area contributed by atoms with Gasteiger partial charge in [-0.05, 0) is 5.56 Å². The number of rotatable bonds is 3. The molecule has 0 radical (unpaired) electrons. The van der Waals surface area contributed by atoms with Crippen LogP contribution in [-0.2, 0) is 6.54 Å². The van der Waals surface area contributed by atoms with E-state index in [1.807, 2.05) is 30.3 Å². The fourth-order valence-electron chi connectivity index (χ4n) is 1.92. The first-order chi connectivity index (χ1) is 8.09. The molecule has 0 fully saturated rings. The Morgan fingerprint density at radius 3 is 2.53 bits per heavy atom. The third-order valence-corrected chi connectivity index (χ3v) is 2.77. The van der Waals surface area contributed by atoms with Gasteiger partial charge in [-0.1, -0.05) is 30.3 Å². The number of hydrogen-bond acceptors (Lipinski definition) is 2. The molecule has 0 spiro atoms. The highest BCUT2D eigenvalue weighted by atomic mass is 16.5. The van der Waals surface area contributed by atoms with Gasteiger partial charge in [0.15, 0.2) is 5.69 Å². The molecule has 17 heavy (non-hydrogen) atoms. The first-order valence-corrected chi connectivity index (χ1v) is 5.43. The second kappa shape index (κ2) is 4.41. The summed E-state index contributed by atoms with van der Waals surface area (Å²) >= 11 is 0. The molecule has 0 bridgehead atoms. The van der Waals surface area contributed by atoms with Gasteiger partial charge in [0.25, 0.3) is 0 Å². The normalized spacial score (nSPS) is 10.5. The molecule has 0 unspecified atom stereocenters. The lowest BCUT2D eigenvalue weighted by molar-refractivity contribution is -0.607. The molecule has 1 aromatic carbocycles. The van der Waals surface area contributed by atoms with E-state index in [1.54, 1.807) is 11.5 Å². The van der Waals surface area contributed by atoms with E-state index in [-0.39, 0.29) is 11.5 Å². The Balaban J connectivity index is 2.35. The van der Waals surface area contributed by atoms with E-state index in [2.05, 4.69) is 0 Å². The number of hydrogen-bond donors (Lipinski definition) is 0. The number of Topliss-reactive ketones (excluding diaryl/α,β-unsaturated/α-hetero) is 1. The van der Waals surface area contributed by atoms with E-state index < -0.39 is 0 Å². The highest BCUT2D eigenvalue weighted by Crippen LogP contribution is 2.08. The number of carbonyl (C=O) groups excluding carboxylic acids is 1. The lowest BCUT2D eigenvalue weighted by Gasteiger charge is -1.98. The molecule has 0 amide bonds. The van der Waals surface area contributed by atoms with E-state index >= 15 is 0 Å². The molecule has 4 nitrogen and oxygen atoms in total. The highest BCUT2D eigenvalue weighted by molar-refractivity contribution is 5.91. The molecule has 0 N–H and O–H groups in total. The number of ketones is 1. The molecule has 0 aliphatic carbocycles. The van der Waals surface area contributed by atoms with Crippen LogP contribution in [0.5, 0.6) is 0 Å². The van der Waals surface area contributed by atoms with Crippen molar-refractivity contribution in [3.05, 3.63) is 58.8 Å². The summed E-state index contributed by atoms with van der Waals surface area (Å²) in [6.07, 6.45) is 1.42. The lowest BCUT2D eigenvalue weighted by atomic mass is 10.2. The van der Waals surface area contributed by atoms with Crippen LogP contribution in [0.3, 0.4) is 0 Å². The highest BCUT2D eigenvalue weighted by Gasteiger charge is 2.19. The van der Waals surface area contributed by atoms with Crippen LogP contribution in [0.1, 0.15) is 28.7 Å². The predicted octanol–water partition coefficient (Wildman–Crippen LogP) is 1.68. The maximum atomic E-state index is 11.6. The van der Waals surface area contributed by atoms with Crippen LogP contribution in [0, 0.1) is 12.1 Å². The lowest BCUT2D eigenvalue weighted by Crippen LogP contribution is -2.30. The summed E-state index contributed by atoms with van der Waals surface area (Å²) in [4.78, 5) is 11.3. The van der Waals surface area contributed by atoms with E-state index in [0.29, 0.717) is 17.0 Å². The summed E-state index contributed by atoms with van der Waals surface area (Å²) in [7, 11) is 0. The van der Waals surface area contributed by atoms with Gasteiger partial charge in [0, 0.05) is 13.8 Å². The molecule has 0 atom stereocenters. The largest absolute Gasteiger partial charge is 0.710 e. The summed E-state index contributed by atoms with van der Waals surface area (Å²) in [5.41, 5.74) is 2.03. The van der Waals surface area contributed by atoms with Crippen molar-refractivity contribution >= 4 is 5.78 Å². The fourth-order valence-corrected chi connectivity index (χ4v) is 1.92. The van der Waals surface area contributed by atoms with Crippen LogP contribution in [0.2, 0.25) is 0 Å². The monoisotopic (exact) mass is 230 g/mol. The van der Waals surface area contributed by atoms with Gasteiger partial charge in [-0.15, -0.1) is 0 Å². The number of carbonyl (C=O) groups is 1. The Bertz CT molecular complexity index is 544. The van der Waals surface area contributed by atoms with E-state index in [1.165, 1.54) is 13.3 Å². The Morgan fingerprint density at radius 1 is 1.35 bits per heavy atom. The smallest absolute Gasteiger partial charge is 0.247 e. The summed E-state index contributed by atoms with van der Waals surface area (Å²) in [5.74, 6) is -0.204. The van der Waals surface area contributed by atoms with Gasteiger partial charge in [-0.2, -0.15) is 0 Å². The minimum Gasteiger partial charge on any atom is -0.710 e. The summed E-state index contributed by atoms with van der Waals surface area (Å²) in [6, 6.07) is 9.82. The molecule has 0 saturated carbocycles. The number of imidazole rings is 1. The topological polar surface area (TPSA) is 48.9 Å². The molecular formula is C13H14N2O2. The van der Waals surface area contributed by atoms with Crippen LogP contribution in [-0.4, -0.2) is 10.4 Å². The van der Waals surface area contributed by atoms with Gasteiger partial charge in [0.2, 0.25) is 17.8 Å². The molecule has 2 aromatic rings. The zero-order valence-electron chi connectivity index (χ0n) is 9.88. The van der Waals surface area contributed by atoms with Crippen molar-refractivity contribution in [2.24, 2.45) is 0 Å². The van der Waals surface area contributed by atoms with Gasteiger partial charge >= 0.3 is 0 Å². The SMILES string of the molecule is CC(=O)c1c(C)n(Cc2ccccc2)c[n+]1[O-]. The molecule has 2 rings (SSSR count). The van der Waals surface area contributed by atoms with Crippen molar-refractivity contribution in [2.45, 2.75) is 20.4 Å². The van der Waals surface area contributed by atoms with Gasteiger partial charge in [-0.3, -0.25) is 4.79 Å². The van der Waals surface area contributed by atoms with Crippen molar-refractivity contribution < 1.29 is 9.52 Å². The van der Waals surface area contributed by atoms with Crippen molar-refractivity contribution in [1.82, 2.24) is 4.57 Å². The number of nitrogens with zero attached hydrogens (tertiary/aromatic N) is 2. The summed E-state index contributed by atoms with van der Waals surface area (Å²) in [5, 5.41) is 11.6. The van der Waals surface area contributed by atoms with Crippen molar-refractivity contribution in [3.8, 4) is 0 Å². The zero-order chi connectivity index (χ0) is 12.4. The number of aromatic nitrogens is 2. The molecule has 0 aliphatic heterocycles.